The molecule has 2 aromatic heterocycles. The third-order valence-corrected chi connectivity index (χ3v) is 5.69. The fourth-order valence-corrected chi connectivity index (χ4v) is 3.70. The van der Waals surface area contributed by atoms with Gasteiger partial charge < -0.3 is 0 Å². The summed E-state index contributed by atoms with van der Waals surface area (Å²) < 4.78 is 15.9. The Kier molecular flexibility index (Phi) is 7.58. The van der Waals surface area contributed by atoms with Crippen molar-refractivity contribution in [3.63, 3.8) is 0 Å². The van der Waals surface area contributed by atoms with E-state index in [0.717, 1.165) is 30.2 Å². The lowest BCUT2D eigenvalue weighted by Gasteiger charge is -2.22. The van der Waals surface area contributed by atoms with E-state index < -0.39 is 5.83 Å². The Morgan fingerprint density at radius 3 is 2.79 bits per heavy atom. The lowest BCUT2D eigenvalue weighted by atomic mass is 10.1. The number of amides is 1. The van der Waals surface area contributed by atoms with Gasteiger partial charge in [-0.1, -0.05) is 28.9 Å². The van der Waals surface area contributed by atoms with E-state index in [1.54, 1.807) is 11.1 Å². The van der Waals surface area contributed by atoms with Gasteiger partial charge in [-0.25, -0.2) is 9.37 Å². The summed E-state index contributed by atoms with van der Waals surface area (Å²) in [7, 11) is 2.01. The largest absolute Gasteiger partial charge is 0.297 e. The fourth-order valence-electron chi connectivity index (χ4n) is 3.38. The number of rotatable bonds is 11. The molecule has 5 nitrogen and oxygen atoms in total. The van der Waals surface area contributed by atoms with Gasteiger partial charge in [-0.2, -0.15) is 5.10 Å². The first-order chi connectivity index (χ1) is 13.9. The highest BCUT2D eigenvalue weighted by Crippen LogP contribution is 2.39. The van der Waals surface area contributed by atoms with Gasteiger partial charge in [0, 0.05) is 48.7 Å². The Hall–Kier alpha value is -2.02. The number of hydrogen-bond acceptors (Lipinski definition) is 3. The standard InChI is InChI=1S/C22H28BrFN4O/c1-16(24)7-10-22(29)28(21-14-18(23)11-12-25-21)13-5-3-4-6-19-15-20(17-8-9-17)26-27(19)2/h11-12,14-15,17H,1,3-10,13H2,2H3. The number of halogens is 2. The van der Waals surface area contributed by atoms with Gasteiger partial charge in [0.25, 0.3) is 0 Å². The molecular formula is C22H28BrFN4O. The van der Waals surface area contributed by atoms with Gasteiger partial charge in [-0.15, -0.1) is 0 Å². The molecule has 2 aromatic rings. The monoisotopic (exact) mass is 462 g/mol. The molecule has 7 heteroatoms. The van der Waals surface area contributed by atoms with Crippen molar-refractivity contribution in [2.24, 2.45) is 7.05 Å². The van der Waals surface area contributed by atoms with Crippen LogP contribution in [0.15, 0.2) is 41.3 Å². The maximum atomic E-state index is 13.0. The molecule has 0 radical (unpaired) electrons. The van der Waals surface area contributed by atoms with Crippen LogP contribution in [0, 0.1) is 0 Å². The van der Waals surface area contributed by atoms with E-state index >= 15 is 0 Å². The molecule has 29 heavy (non-hydrogen) atoms. The number of nitrogens with zero attached hydrogens (tertiary/aromatic N) is 4. The van der Waals surface area contributed by atoms with Crippen molar-refractivity contribution in [1.29, 1.82) is 0 Å². The number of anilines is 1. The minimum atomic E-state index is -0.470. The summed E-state index contributed by atoms with van der Waals surface area (Å²) >= 11 is 3.42. The van der Waals surface area contributed by atoms with E-state index in [1.165, 1.54) is 24.2 Å². The van der Waals surface area contributed by atoms with Gasteiger partial charge in [0.15, 0.2) is 0 Å². The Morgan fingerprint density at radius 1 is 1.31 bits per heavy atom. The Bertz CT molecular complexity index is 862. The highest BCUT2D eigenvalue weighted by Gasteiger charge is 2.26. The SMILES string of the molecule is C=C(F)CCC(=O)N(CCCCCc1cc(C2CC2)nn1C)c1cc(Br)ccn1. The van der Waals surface area contributed by atoms with Crippen LogP contribution in [0.2, 0.25) is 0 Å². The Morgan fingerprint density at radius 2 is 2.10 bits per heavy atom. The van der Waals surface area contributed by atoms with E-state index in [2.05, 4.69) is 38.7 Å². The molecule has 0 bridgehead atoms. The van der Waals surface area contributed by atoms with Crippen LogP contribution in [-0.4, -0.2) is 27.2 Å². The second kappa shape index (κ2) is 10.1. The van der Waals surface area contributed by atoms with Gasteiger partial charge in [0.2, 0.25) is 5.91 Å². The fraction of sp³-hybridized carbons (Fsp3) is 0.500. The molecule has 0 spiro atoms. The summed E-state index contributed by atoms with van der Waals surface area (Å²) in [4.78, 5) is 18.6. The van der Waals surface area contributed by atoms with Gasteiger partial charge in [0.05, 0.1) is 11.5 Å². The first kappa shape index (κ1) is 21.7. The van der Waals surface area contributed by atoms with E-state index in [1.807, 2.05) is 23.9 Å². The molecular weight excluding hydrogens is 435 g/mol. The van der Waals surface area contributed by atoms with Crippen molar-refractivity contribution in [1.82, 2.24) is 14.8 Å². The predicted octanol–water partition coefficient (Wildman–Crippen LogP) is 5.46. The van der Waals surface area contributed by atoms with E-state index in [9.17, 15) is 9.18 Å². The van der Waals surface area contributed by atoms with Crippen LogP contribution in [0.4, 0.5) is 10.2 Å². The van der Waals surface area contributed by atoms with E-state index in [4.69, 9.17) is 0 Å². The molecule has 2 heterocycles. The lowest BCUT2D eigenvalue weighted by Crippen LogP contribution is -2.32. The minimum absolute atomic E-state index is 0.0488. The van der Waals surface area contributed by atoms with Crippen molar-refractivity contribution < 1.29 is 9.18 Å². The average molecular weight is 463 g/mol. The van der Waals surface area contributed by atoms with Crippen molar-refractivity contribution in [3.8, 4) is 0 Å². The van der Waals surface area contributed by atoms with Gasteiger partial charge in [-0.05, 0) is 50.3 Å². The molecule has 3 rings (SSSR count). The zero-order valence-electron chi connectivity index (χ0n) is 16.9. The summed E-state index contributed by atoms with van der Waals surface area (Å²) in [5, 5.41) is 4.62. The molecule has 1 aliphatic carbocycles. The highest BCUT2D eigenvalue weighted by atomic mass is 79.9. The number of carbonyl (C=O) groups excluding carboxylic acids is 1. The molecule has 0 aliphatic heterocycles. The molecule has 1 fully saturated rings. The normalized spacial score (nSPS) is 13.5. The molecule has 0 saturated heterocycles. The van der Waals surface area contributed by atoms with Crippen LogP contribution in [-0.2, 0) is 18.3 Å². The zero-order valence-corrected chi connectivity index (χ0v) is 18.5. The number of carbonyl (C=O) groups is 1. The summed E-state index contributed by atoms with van der Waals surface area (Å²) in [5.41, 5.74) is 2.50. The highest BCUT2D eigenvalue weighted by molar-refractivity contribution is 9.10. The minimum Gasteiger partial charge on any atom is -0.297 e. The van der Waals surface area contributed by atoms with Crippen LogP contribution in [0.1, 0.15) is 62.3 Å². The summed E-state index contributed by atoms with van der Waals surface area (Å²) in [6.07, 6.45) is 8.23. The van der Waals surface area contributed by atoms with Crippen molar-refractivity contribution >= 4 is 27.7 Å². The van der Waals surface area contributed by atoms with Crippen LogP contribution in [0.25, 0.3) is 0 Å². The molecule has 1 amide bonds. The molecule has 0 unspecified atom stereocenters. The third kappa shape index (κ3) is 6.49. The number of pyridine rings is 1. The molecule has 156 valence electrons. The second-order valence-corrected chi connectivity index (χ2v) is 8.58. The Balaban J connectivity index is 1.51. The van der Waals surface area contributed by atoms with E-state index in [0.29, 0.717) is 18.3 Å². The maximum Gasteiger partial charge on any atom is 0.228 e. The van der Waals surface area contributed by atoms with Gasteiger partial charge >= 0.3 is 0 Å². The number of hydrogen-bond donors (Lipinski definition) is 0. The lowest BCUT2D eigenvalue weighted by molar-refractivity contribution is -0.118. The average Bonchev–Trinajstić information content (AvgIpc) is 3.46. The van der Waals surface area contributed by atoms with Crippen LogP contribution in [0.5, 0.6) is 0 Å². The molecule has 1 aliphatic rings. The van der Waals surface area contributed by atoms with E-state index in [-0.39, 0.29) is 18.7 Å². The first-order valence-electron chi connectivity index (χ1n) is 10.2. The van der Waals surface area contributed by atoms with Crippen LogP contribution < -0.4 is 4.90 Å². The molecule has 1 saturated carbocycles. The number of aromatic nitrogens is 3. The summed E-state index contributed by atoms with van der Waals surface area (Å²) in [5.74, 6) is 0.666. The van der Waals surface area contributed by atoms with Crippen molar-refractivity contribution in [2.45, 2.75) is 57.3 Å². The summed E-state index contributed by atoms with van der Waals surface area (Å²) in [6.45, 7) is 3.81. The molecule has 0 atom stereocenters. The van der Waals surface area contributed by atoms with Crippen molar-refractivity contribution in [2.75, 3.05) is 11.4 Å². The van der Waals surface area contributed by atoms with Crippen molar-refractivity contribution in [3.05, 3.63) is 52.7 Å². The number of allylic oxidation sites excluding steroid dienone is 1. The topological polar surface area (TPSA) is 51.0 Å². The summed E-state index contributed by atoms with van der Waals surface area (Å²) in [6, 6.07) is 5.87. The predicted molar refractivity (Wildman–Crippen MR) is 117 cm³/mol. The molecule has 0 N–H and O–H groups in total. The molecule has 0 aromatic carbocycles. The quantitative estimate of drug-likeness (QED) is 0.416. The first-order valence-corrected chi connectivity index (χ1v) is 11.0. The van der Waals surface area contributed by atoms with Gasteiger partial charge in [0.1, 0.15) is 5.82 Å². The number of aryl methyl sites for hydroxylation is 2. The second-order valence-electron chi connectivity index (χ2n) is 7.66. The van der Waals surface area contributed by atoms with Crippen LogP contribution >= 0.6 is 15.9 Å². The number of unbranched alkanes of at least 4 members (excludes halogenated alkanes) is 2. The third-order valence-electron chi connectivity index (χ3n) is 5.20. The van der Waals surface area contributed by atoms with Gasteiger partial charge in [-0.3, -0.25) is 14.4 Å². The Labute approximate surface area is 180 Å². The zero-order chi connectivity index (χ0) is 20.8. The van der Waals surface area contributed by atoms with Crippen LogP contribution in [0.3, 0.4) is 0 Å². The maximum absolute atomic E-state index is 13.0. The smallest absolute Gasteiger partial charge is 0.228 e.